The third-order valence-electron chi connectivity index (χ3n) is 7.21. The highest BCUT2D eigenvalue weighted by atomic mass is 35.5. The van der Waals surface area contributed by atoms with Crippen LogP contribution in [-0.4, -0.2) is 34.3 Å². The van der Waals surface area contributed by atoms with E-state index in [1.54, 1.807) is 6.26 Å². The minimum atomic E-state index is 0.515. The predicted octanol–water partition coefficient (Wildman–Crippen LogP) is 8.81. The summed E-state index contributed by atoms with van der Waals surface area (Å²) in [5.41, 5.74) is 7.20. The molecular weight excluding hydrogens is 582 g/mol. The number of aromatic nitrogens is 7. The van der Waals surface area contributed by atoms with Gasteiger partial charge in [-0.3, -0.25) is 14.0 Å². The molecule has 0 atom stereocenters. The Bertz CT molecular complexity index is 1660. The molecule has 45 heavy (non-hydrogen) atoms. The van der Waals surface area contributed by atoms with Crippen molar-refractivity contribution in [3.8, 4) is 0 Å². The van der Waals surface area contributed by atoms with Gasteiger partial charge in [0.1, 0.15) is 12.0 Å². The number of benzene rings is 2. The summed E-state index contributed by atoms with van der Waals surface area (Å²) in [6.07, 6.45) is 15.1. The van der Waals surface area contributed by atoms with Gasteiger partial charge in [-0.2, -0.15) is 15.3 Å². The molecule has 2 aromatic carbocycles. The van der Waals surface area contributed by atoms with Crippen molar-refractivity contribution in [2.75, 3.05) is 0 Å². The zero-order valence-corrected chi connectivity index (χ0v) is 27.8. The second kappa shape index (κ2) is 16.6. The maximum absolute atomic E-state index is 5.84. The van der Waals surface area contributed by atoms with Crippen LogP contribution in [0.1, 0.15) is 92.8 Å². The van der Waals surface area contributed by atoms with Crippen molar-refractivity contribution < 1.29 is 4.42 Å². The fourth-order valence-corrected chi connectivity index (χ4v) is 4.45. The Morgan fingerprint density at radius 1 is 0.600 bits per heavy atom. The second-order valence-corrected chi connectivity index (χ2v) is 12.4. The molecule has 0 aliphatic heterocycles. The summed E-state index contributed by atoms with van der Waals surface area (Å²) >= 11 is 5.84. The van der Waals surface area contributed by atoms with Gasteiger partial charge < -0.3 is 4.42 Å². The summed E-state index contributed by atoms with van der Waals surface area (Å²) in [5, 5.41) is 13.7. The lowest BCUT2D eigenvalue weighted by Crippen LogP contribution is -1.99. The van der Waals surface area contributed by atoms with E-state index in [2.05, 4.69) is 98.5 Å². The maximum atomic E-state index is 5.84. The zero-order valence-electron chi connectivity index (χ0n) is 27.1. The van der Waals surface area contributed by atoms with E-state index in [9.17, 15) is 0 Å². The van der Waals surface area contributed by atoms with Gasteiger partial charge in [-0.1, -0.05) is 95.6 Å². The van der Waals surface area contributed by atoms with E-state index in [0.717, 1.165) is 23.8 Å². The Hall–Kier alpha value is -4.43. The van der Waals surface area contributed by atoms with Crippen molar-refractivity contribution in [2.45, 2.75) is 78.9 Å². The summed E-state index contributed by atoms with van der Waals surface area (Å²) < 4.78 is 10.7. The Kier molecular flexibility index (Phi) is 12.3. The lowest BCUT2D eigenvalue weighted by Gasteiger charge is -2.02. The van der Waals surface area contributed by atoms with Gasteiger partial charge in [0.05, 0.1) is 38.2 Å². The molecule has 0 saturated carbocycles. The van der Waals surface area contributed by atoms with Crippen LogP contribution in [0.5, 0.6) is 0 Å². The lowest BCUT2D eigenvalue weighted by molar-refractivity contribution is 0.554. The molecule has 0 bridgehead atoms. The molecule has 6 aromatic rings. The van der Waals surface area contributed by atoms with Crippen LogP contribution in [-0.2, 0) is 19.6 Å². The van der Waals surface area contributed by atoms with Gasteiger partial charge in [0, 0.05) is 23.6 Å². The largest absolute Gasteiger partial charge is 0.451 e. The van der Waals surface area contributed by atoms with Gasteiger partial charge in [0.15, 0.2) is 6.39 Å². The molecule has 0 aliphatic carbocycles. The summed E-state index contributed by atoms with van der Waals surface area (Å²) in [7, 11) is 0. The topological polar surface area (TPSA) is 79.5 Å². The standard InChI is InChI=1S/C13H15ClN2.C13H16N2.C10H13N3O/c1-10(2)12-7-15-16(9-12)8-11-3-5-13(14)6-4-11;1-11(2)13-8-14-15(10-13)9-12-6-4-3-5-7-12;1-8(2)9-3-12-13(4-9)5-10-6-14-7-11-10/h3-7,9-10H,8H2,1-2H3;3-8,10-11H,9H2,1-2H3;3-4,6-8H,5H2,1-2H3. The van der Waals surface area contributed by atoms with Gasteiger partial charge in [0.25, 0.3) is 0 Å². The third-order valence-corrected chi connectivity index (χ3v) is 7.46. The van der Waals surface area contributed by atoms with Crippen molar-refractivity contribution in [1.29, 1.82) is 0 Å². The van der Waals surface area contributed by atoms with Crippen LogP contribution in [0.15, 0.2) is 109 Å². The van der Waals surface area contributed by atoms with E-state index >= 15 is 0 Å². The number of hydrogen-bond donors (Lipinski definition) is 0. The Morgan fingerprint density at radius 3 is 1.44 bits per heavy atom. The van der Waals surface area contributed by atoms with Gasteiger partial charge in [0.2, 0.25) is 0 Å². The van der Waals surface area contributed by atoms with Crippen LogP contribution >= 0.6 is 11.6 Å². The molecule has 0 radical (unpaired) electrons. The minimum absolute atomic E-state index is 0.515. The van der Waals surface area contributed by atoms with Gasteiger partial charge in [-0.15, -0.1) is 0 Å². The van der Waals surface area contributed by atoms with Crippen molar-refractivity contribution in [3.63, 3.8) is 0 Å². The van der Waals surface area contributed by atoms with E-state index in [1.165, 1.54) is 34.2 Å². The van der Waals surface area contributed by atoms with Crippen molar-refractivity contribution in [3.05, 3.63) is 143 Å². The van der Waals surface area contributed by atoms with Crippen molar-refractivity contribution >= 4 is 11.6 Å². The van der Waals surface area contributed by atoms with Crippen LogP contribution in [0.2, 0.25) is 5.02 Å². The lowest BCUT2D eigenvalue weighted by atomic mass is 10.1. The SMILES string of the molecule is CC(C)c1cnn(Cc2ccc(Cl)cc2)c1.CC(C)c1cnn(Cc2ccccc2)c1.CC(C)c1cnn(Cc2cocn2)c1. The first-order chi connectivity index (χ1) is 21.7. The molecule has 8 nitrogen and oxygen atoms in total. The molecule has 0 saturated heterocycles. The Labute approximate surface area is 271 Å². The normalized spacial score (nSPS) is 11.0. The fourth-order valence-electron chi connectivity index (χ4n) is 4.32. The van der Waals surface area contributed by atoms with Crippen LogP contribution in [0.4, 0.5) is 0 Å². The molecule has 0 N–H and O–H groups in total. The van der Waals surface area contributed by atoms with E-state index < -0.39 is 0 Å². The second-order valence-electron chi connectivity index (χ2n) is 12.0. The highest BCUT2D eigenvalue weighted by Crippen LogP contribution is 2.16. The molecular formula is C36H44ClN7O. The predicted molar refractivity (Wildman–Crippen MR) is 181 cm³/mol. The van der Waals surface area contributed by atoms with E-state index in [4.69, 9.17) is 16.0 Å². The average molecular weight is 626 g/mol. The zero-order chi connectivity index (χ0) is 32.2. The van der Waals surface area contributed by atoms with Crippen molar-refractivity contribution in [1.82, 2.24) is 34.3 Å². The number of halogens is 1. The van der Waals surface area contributed by atoms with Crippen LogP contribution in [0, 0.1) is 0 Å². The highest BCUT2D eigenvalue weighted by Gasteiger charge is 2.05. The first-order valence-corrected chi connectivity index (χ1v) is 15.8. The molecule has 4 aromatic heterocycles. The number of rotatable bonds is 9. The molecule has 0 spiro atoms. The first-order valence-electron chi connectivity index (χ1n) is 15.4. The van der Waals surface area contributed by atoms with Gasteiger partial charge in [-0.05, 0) is 57.7 Å². The van der Waals surface area contributed by atoms with Crippen LogP contribution in [0.25, 0.3) is 0 Å². The highest BCUT2D eigenvalue weighted by molar-refractivity contribution is 6.30. The van der Waals surface area contributed by atoms with E-state index in [0.29, 0.717) is 24.3 Å². The third kappa shape index (κ3) is 10.9. The molecule has 0 unspecified atom stereocenters. The summed E-state index contributed by atoms with van der Waals surface area (Å²) in [4.78, 5) is 4.04. The first kappa shape index (κ1) is 33.5. The van der Waals surface area contributed by atoms with E-state index in [1.807, 2.05) is 69.2 Å². The minimum Gasteiger partial charge on any atom is -0.451 e. The van der Waals surface area contributed by atoms with Gasteiger partial charge in [-0.25, -0.2) is 4.98 Å². The van der Waals surface area contributed by atoms with Crippen molar-refractivity contribution in [2.24, 2.45) is 0 Å². The summed E-state index contributed by atoms with van der Waals surface area (Å²) in [6.45, 7) is 15.3. The smallest absolute Gasteiger partial charge is 0.180 e. The fraction of sp³-hybridized carbons (Fsp3) is 0.333. The average Bonchev–Trinajstić information content (AvgIpc) is 3.84. The van der Waals surface area contributed by atoms with Crippen LogP contribution < -0.4 is 0 Å². The number of oxazole rings is 1. The summed E-state index contributed by atoms with van der Waals surface area (Å²) in [5.74, 6) is 1.59. The molecule has 4 heterocycles. The molecule has 0 fully saturated rings. The number of nitrogens with zero attached hydrogens (tertiary/aromatic N) is 7. The molecule has 0 amide bonds. The quantitative estimate of drug-likeness (QED) is 0.160. The Balaban J connectivity index is 0.000000154. The number of hydrogen-bond acceptors (Lipinski definition) is 5. The van der Waals surface area contributed by atoms with E-state index in [-0.39, 0.29) is 0 Å². The summed E-state index contributed by atoms with van der Waals surface area (Å²) in [6, 6.07) is 18.3. The maximum Gasteiger partial charge on any atom is 0.180 e. The molecule has 236 valence electrons. The molecule has 6 rings (SSSR count). The monoisotopic (exact) mass is 625 g/mol. The van der Waals surface area contributed by atoms with Crippen LogP contribution in [0.3, 0.4) is 0 Å². The molecule has 0 aliphatic rings. The Morgan fingerprint density at radius 2 is 1.04 bits per heavy atom. The molecule has 9 heteroatoms. The van der Waals surface area contributed by atoms with Gasteiger partial charge >= 0.3 is 0 Å².